The molecule has 0 bridgehead atoms. The standard InChI is InChI=1S/C10H10FNO2/c11-8-2-1-6(9(13)14)5-7(8)10(12)3-4-10/h1-2,5H,3-4,12H2,(H,13,14). The normalized spacial score (nSPS) is 17.9. The van der Waals surface area contributed by atoms with Crippen LogP contribution in [-0.2, 0) is 5.54 Å². The Morgan fingerprint density at radius 3 is 2.64 bits per heavy atom. The Morgan fingerprint density at radius 1 is 1.50 bits per heavy atom. The van der Waals surface area contributed by atoms with Crippen molar-refractivity contribution in [3.63, 3.8) is 0 Å². The molecule has 0 atom stereocenters. The average Bonchev–Trinajstić information content (AvgIpc) is 2.85. The minimum atomic E-state index is -1.06. The molecule has 1 aromatic carbocycles. The van der Waals surface area contributed by atoms with Gasteiger partial charge in [0.25, 0.3) is 0 Å². The van der Waals surface area contributed by atoms with E-state index in [-0.39, 0.29) is 5.56 Å². The second-order valence-electron chi connectivity index (χ2n) is 3.66. The van der Waals surface area contributed by atoms with E-state index >= 15 is 0 Å². The number of hydrogen-bond acceptors (Lipinski definition) is 2. The van der Waals surface area contributed by atoms with Crippen LogP contribution in [0.4, 0.5) is 4.39 Å². The third kappa shape index (κ3) is 1.37. The van der Waals surface area contributed by atoms with Crippen molar-refractivity contribution < 1.29 is 14.3 Å². The Bertz CT molecular complexity index is 399. The highest BCUT2D eigenvalue weighted by Crippen LogP contribution is 2.43. The maximum Gasteiger partial charge on any atom is 0.335 e. The molecule has 1 aliphatic carbocycles. The predicted molar refractivity (Wildman–Crippen MR) is 48.5 cm³/mol. The van der Waals surface area contributed by atoms with Gasteiger partial charge in [0, 0.05) is 11.1 Å². The smallest absolute Gasteiger partial charge is 0.335 e. The van der Waals surface area contributed by atoms with Crippen LogP contribution in [0.2, 0.25) is 0 Å². The minimum absolute atomic E-state index is 0.0816. The molecule has 74 valence electrons. The summed E-state index contributed by atoms with van der Waals surface area (Å²) in [5.74, 6) is -1.48. The van der Waals surface area contributed by atoms with Crippen LogP contribution in [0.5, 0.6) is 0 Å². The Morgan fingerprint density at radius 2 is 2.14 bits per heavy atom. The molecule has 14 heavy (non-hydrogen) atoms. The van der Waals surface area contributed by atoms with Gasteiger partial charge in [-0.2, -0.15) is 0 Å². The number of nitrogens with two attached hydrogens (primary N) is 1. The Balaban J connectivity index is 2.48. The summed E-state index contributed by atoms with van der Waals surface area (Å²) < 4.78 is 13.3. The first-order valence-corrected chi connectivity index (χ1v) is 4.35. The van der Waals surface area contributed by atoms with Crippen LogP contribution in [0.15, 0.2) is 18.2 Å². The van der Waals surface area contributed by atoms with Crippen molar-refractivity contribution in [2.24, 2.45) is 5.73 Å². The number of hydrogen-bond donors (Lipinski definition) is 2. The van der Waals surface area contributed by atoms with Gasteiger partial charge in [0.15, 0.2) is 0 Å². The Labute approximate surface area is 80.3 Å². The number of rotatable bonds is 2. The summed E-state index contributed by atoms with van der Waals surface area (Å²) in [6.45, 7) is 0. The maximum absolute atomic E-state index is 13.3. The zero-order valence-corrected chi connectivity index (χ0v) is 7.46. The van der Waals surface area contributed by atoms with Crippen LogP contribution in [0.3, 0.4) is 0 Å². The molecule has 0 unspecified atom stereocenters. The van der Waals surface area contributed by atoms with Gasteiger partial charge < -0.3 is 10.8 Å². The summed E-state index contributed by atoms with van der Waals surface area (Å²) in [5.41, 5.74) is 5.57. The Hall–Kier alpha value is -1.42. The molecule has 1 saturated carbocycles. The summed E-state index contributed by atoms with van der Waals surface area (Å²) in [5, 5.41) is 8.72. The molecular weight excluding hydrogens is 185 g/mol. The van der Waals surface area contributed by atoms with Crippen LogP contribution < -0.4 is 5.73 Å². The molecule has 4 heteroatoms. The van der Waals surface area contributed by atoms with Crippen molar-refractivity contribution in [1.29, 1.82) is 0 Å². The number of benzene rings is 1. The SMILES string of the molecule is NC1(c2cc(C(=O)O)ccc2F)CC1. The number of carboxylic acid groups (broad SMARTS) is 1. The molecule has 1 aliphatic rings. The van der Waals surface area contributed by atoms with Gasteiger partial charge in [-0.1, -0.05) is 0 Å². The van der Waals surface area contributed by atoms with E-state index < -0.39 is 17.3 Å². The second-order valence-corrected chi connectivity index (χ2v) is 3.66. The van der Waals surface area contributed by atoms with Crippen molar-refractivity contribution in [3.05, 3.63) is 35.1 Å². The van der Waals surface area contributed by atoms with Gasteiger partial charge in [-0.05, 0) is 31.0 Å². The van der Waals surface area contributed by atoms with Crippen LogP contribution in [0.25, 0.3) is 0 Å². The van der Waals surface area contributed by atoms with E-state index in [1.165, 1.54) is 12.1 Å². The predicted octanol–water partition coefficient (Wildman–Crippen LogP) is 1.47. The van der Waals surface area contributed by atoms with Gasteiger partial charge in [-0.3, -0.25) is 0 Å². The molecule has 3 N–H and O–H groups in total. The number of carbonyl (C=O) groups is 1. The number of aromatic carboxylic acids is 1. The zero-order valence-electron chi connectivity index (χ0n) is 7.46. The molecule has 0 radical (unpaired) electrons. The molecule has 3 nitrogen and oxygen atoms in total. The Kier molecular flexibility index (Phi) is 1.82. The lowest BCUT2D eigenvalue weighted by Crippen LogP contribution is -2.21. The lowest BCUT2D eigenvalue weighted by atomic mass is 10.0. The fraction of sp³-hybridized carbons (Fsp3) is 0.300. The van der Waals surface area contributed by atoms with Crippen LogP contribution in [-0.4, -0.2) is 11.1 Å². The van der Waals surface area contributed by atoms with E-state index in [0.717, 1.165) is 6.07 Å². The monoisotopic (exact) mass is 195 g/mol. The first-order chi connectivity index (χ1) is 6.53. The molecule has 0 heterocycles. The van der Waals surface area contributed by atoms with Gasteiger partial charge in [0.2, 0.25) is 0 Å². The third-order valence-electron chi connectivity index (χ3n) is 2.54. The number of halogens is 1. The molecule has 1 fully saturated rings. The van der Waals surface area contributed by atoms with Gasteiger partial charge in [-0.25, -0.2) is 9.18 Å². The highest BCUT2D eigenvalue weighted by Gasteiger charge is 2.42. The lowest BCUT2D eigenvalue weighted by Gasteiger charge is -2.10. The summed E-state index contributed by atoms with van der Waals surface area (Å²) in [7, 11) is 0. The van der Waals surface area contributed by atoms with Crippen LogP contribution in [0, 0.1) is 5.82 Å². The number of carboxylic acids is 1. The molecule has 0 aliphatic heterocycles. The van der Waals surface area contributed by atoms with E-state index in [0.29, 0.717) is 18.4 Å². The van der Waals surface area contributed by atoms with Crippen molar-refractivity contribution in [1.82, 2.24) is 0 Å². The van der Waals surface area contributed by atoms with E-state index in [1.807, 2.05) is 0 Å². The summed E-state index contributed by atoms with van der Waals surface area (Å²) >= 11 is 0. The molecule has 0 amide bonds. The van der Waals surface area contributed by atoms with E-state index in [1.54, 1.807) is 0 Å². The highest BCUT2D eigenvalue weighted by molar-refractivity contribution is 5.87. The summed E-state index contributed by atoms with van der Waals surface area (Å²) in [6, 6.07) is 3.73. The summed E-state index contributed by atoms with van der Waals surface area (Å²) in [4.78, 5) is 10.6. The van der Waals surface area contributed by atoms with Crippen molar-refractivity contribution in [2.75, 3.05) is 0 Å². The van der Waals surface area contributed by atoms with E-state index in [9.17, 15) is 9.18 Å². The van der Waals surface area contributed by atoms with Gasteiger partial charge >= 0.3 is 5.97 Å². The first kappa shape index (κ1) is 9.15. The quantitative estimate of drug-likeness (QED) is 0.751. The van der Waals surface area contributed by atoms with Crippen LogP contribution in [0.1, 0.15) is 28.8 Å². The minimum Gasteiger partial charge on any atom is -0.478 e. The first-order valence-electron chi connectivity index (χ1n) is 4.35. The topological polar surface area (TPSA) is 63.3 Å². The average molecular weight is 195 g/mol. The third-order valence-corrected chi connectivity index (χ3v) is 2.54. The van der Waals surface area contributed by atoms with Crippen molar-refractivity contribution in [3.8, 4) is 0 Å². The fourth-order valence-electron chi connectivity index (χ4n) is 1.44. The molecular formula is C10H10FNO2. The largest absolute Gasteiger partial charge is 0.478 e. The lowest BCUT2D eigenvalue weighted by molar-refractivity contribution is 0.0696. The van der Waals surface area contributed by atoms with Gasteiger partial charge in [-0.15, -0.1) is 0 Å². The van der Waals surface area contributed by atoms with Crippen LogP contribution >= 0.6 is 0 Å². The van der Waals surface area contributed by atoms with Crippen molar-refractivity contribution >= 4 is 5.97 Å². The zero-order chi connectivity index (χ0) is 10.3. The van der Waals surface area contributed by atoms with Crippen molar-refractivity contribution in [2.45, 2.75) is 18.4 Å². The maximum atomic E-state index is 13.3. The molecule has 1 aromatic rings. The van der Waals surface area contributed by atoms with E-state index in [4.69, 9.17) is 10.8 Å². The van der Waals surface area contributed by atoms with E-state index in [2.05, 4.69) is 0 Å². The second kappa shape index (κ2) is 2.78. The highest BCUT2D eigenvalue weighted by atomic mass is 19.1. The van der Waals surface area contributed by atoms with Gasteiger partial charge in [0.1, 0.15) is 5.82 Å². The molecule has 2 rings (SSSR count). The molecule has 0 spiro atoms. The molecule has 0 aromatic heterocycles. The van der Waals surface area contributed by atoms with Gasteiger partial charge in [0.05, 0.1) is 5.56 Å². The fourth-order valence-corrected chi connectivity index (χ4v) is 1.44. The molecule has 0 saturated heterocycles. The summed E-state index contributed by atoms with van der Waals surface area (Å²) in [6.07, 6.45) is 1.43.